The fourth-order valence-corrected chi connectivity index (χ4v) is 4.80. The van der Waals surface area contributed by atoms with E-state index in [4.69, 9.17) is 4.99 Å². The normalized spacial score (nSPS) is 27.5. The molecule has 0 aromatic rings. The zero-order valence-corrected chi connectivity index (χ0v) is 19.1. The maximum Gasteiger partial charge on any atom is 0.329 e. The smallest absolute Gasteiger partial charge is 0.329 e. The minimum Gasteiger partial charge on any atom is -0.346 e. The number of nitrogens with zero attached hydrogens (tertiary/aromatic N) is 7. The summed E-state index contributed by atoms with van der Waals surface area (Å²) < 4.78 is 0. The Kier molecular flexibility index (Phi) is 6.26. The van der Waals surface area contributed by atoms with Crippen molar-refractivity contribution in [3.8, 4) is 0 Å². The van der Waals surface area contributed by atoms with E-state index in [9.17, 15) is 14.4 Å². The van der Waals surface area contributed by atoms with Gasteiger partial charge in [0.25, 0.3) is 5.91 Å². The number of carbonyl (C=O) groups is 3. The Morgan fingerprint density at radius 1 is 1.07 bits per heavy atom. The largest absolute Gasteiger partial charge is 0.346 e. The molecule has 0 radical (unpaired) electrons. The van der Waals surface area contributed by atoms with Gasteiger partial charge in [0.15, 0.2) is 6.04 Å². The highest BCUT2D eigenvalue weighted by Crippen LogP contribution is 2.40. The van der Waals surface area contributed by atoms with Gasteiger partial charge in [-0.15, -0.1) is 0 Å². The number of imide groups is 1. The number of fused-ring (bicyclic) bond motifs is 1. The van der Waals surface area contributed by atoms with Gasteiger partial charge in [-0.3, -0.25) is 19.5 Å². The van der Waals surface area contributed by atoms with Gasteiger partial charge in [-0.25, -0.2) is 14.6 Å². The lowest BCUT2D eigenvalue weighted by molar-refractivity contribution is -0.152. The van der Waals surface area contributed by atoms with Crippen molar-refractivity contribution in [1.82, 2.24) is 29.4 Å². The van der Waals surface area contributed by atoms with Gasteiger partial charge in [0.2, 0.25) is 5.79 Å². The molecule has 0 aliphatic carbocycles. The maximum absolute atomic E-state index is 13.2. The number of hydrogen-bond donors (Lipinski definition) is 0. The lowest BCUT2D eigenvalue weighted by Gasteiger charge is -2.54. The molecule has 5 amide bonds. The zero-order chi connectivity index (χ0) is 22.2. The summed E-state index contributed by atoms with van der Waals surface area (Å²) in [5, 5.41) is 0. The van der Waals surface area contributed by atoms with Crippen LogP contribution in [0.15, 0.2) is 4.99 Å². The quantitative estimate of drug-likeness (QED) is 0.654. The second-order valence-electron chi connectivity index (χ2n) is 8.15. The average molecular weight is 422 g/mol. The highest BCUT2D eigenvalue weighted by Gasteiger charge is 2.63. The first-order valence-corrected chi connectivity index (χ1v) is 10.9. The first kappa shape index (κ1) is 22.3. The van der Waals surface area contributed by atoms with Crippen LogP contribution in [0.25, 0.3) is 0 Å². The molecule has 0 N–H and O–H groups in total. The number of amidine groups is 1. The summed E-state index contributed by atoms with van der Waals surface area (Å²) in [4.78, 5) is 54.3. The SMILES string of the molecule is CCCC1=NC2(N3CCN(C(=O)N(CC)CC)CC3)C(C(=O)N(C)C(=O)N2C)N1C. The van der Waals surface area contributed by atoms with E-state index in [-0.39, 0.29) is 18.0 Å². The molecule has 3 aliphatic heterocycles. The second kappa shape index (κ2) is 8.41. The van der Waals surface area contributed by atoms with E-state index in [0.29, 0.717) is 39.3 Å². The van der Waals surface area contributed by atoms with Gasteiger partial charge in [0.05, 0.1) is 0 Å². The Morgan fingerprint density at radius 2 is 1.67 bits per heavy atom. The summed E-state index contributed by atoms with van der Waals surface area (Å²) >= 11 is 0. The van der Waals surface area contributed by atoms with Crippen LogP contribution in [0.3, 0.4) is 0 Å². The average Bonchev–Trinajstić information content (AvgIpc) is 3.05. The molecule has 2 unspecified atom stereocenters. The topological polar surface area (TPSA) is 83.0 Å². The number of amides is 5. The van der Waals surface area contributed by atoms with E-state index in [0.717, 1.165) is 18.7 Å². The van der Waals surface area contributed by atoms with Gasteiger partial charge in [-0.1, -0.05) is 6.92 Å². The van der Waals surface area contributed by atoms with Crippen molar-refractivity contribution < 1.29 is 14.4 Å². The van der Waals surface area contributed by atoms with Crippen molar-refractivity contribution in [2.24, 2.45) is 4.99 Å². The number of carbonyl (C=O) groups excluding carboxylic acids is 3. The predicted molar refractivity (Wildman–Crippen MR) is 114 cm³/mol. The molecule has 2 saturated heterocycles. The Morgan fingerprint density at radius 3 is 2.20 bits per heavy atom. The van der Waals surface area contributed by atoms with Crippen LogP contribution in [0.4, 0.5) is 9.59 Å². The Labute approximate surface area is 179 Å². The second-order valence-corrected chi connectivity index (χ2v) is 8.15. The minimum absolute atomic E-state index is 0.0382. The summed E-state index contributed by atoms with van der Waals surface area (Å²) in [5.74, 6) is -0.464. The molecule has 3 rings (SSSR count). The monoisotopic (exact) mass is 421 g/mol. The standard InChI is InChI=1S/C20H35N7O3/c1-7-10-15-21-20(16(22(15)4)17(28)23(5)18(29)24(20)6)27-13-11-26(12-14-27)19(30)25(8-2)9-3/h16H,7-14H2,1-6H3. The molecule has 2 atom stereocenters. The van der Waals surface area contributed by atoms with Crippen LogP contribution < -0.4 is 0 Å². The Bertz CT molecular complexity index is 730. The molecule has 2 fully saturated rings. The number of likely N-dealkylation sites (N-methyl/N-ethyl adjacent to an activating group) is 3. The maximum atomic E-state index is 13.2. The number of urea groups is 2. The highest BCUT2D eigenvalue weighted by molar-refractivity contribution is 6.04. The number of aliphatic imine (C=N–C) groups is 1. The van der Waals surface area contributed by atoms with E-state index in [1.54, 1.807) is 11.9 Å². The first-order valence-electron chi connectivity index (χ1n) is 10.9. The van der Waals surface area contributed by atoms with Crippen molar-refractivity contribution in [1.29, 1.82) is 0 Å². The summed E-state index contributed by atoms with van der Waals surface area (Å²) in [6, 6.07) is -0.902. The van der Waals surface area contributed by atoms with Gasteiger partial charge in [0, 0.05) is 66.8 Å². The van der Waals surface area contributed by atoms with Crippen LogP contribution in [-0.4, -0.2) is 125 Å². The molecule has 0 aromatic heterocycles. The lowest BCUT2D eigenvalue weighted by atomic mass is 10.0. The summed E-state index contributed by atoms with van der Waals surface area (Å²) in [5.41, 5.74) is 0. The minimum atomic E-state index is -1.07. The number of piperazine rings is 1. The van der Waals surface area contributed by atoms with E-state index < -0.39 is 11.8 Å². The van der Waals surface area contributed by atoms with Crippen molar-refractivity contribution in [2.75, 3.05) is 60.4 Å². The van der Waals surface area contributed by atoms with Crippen molar-refractivity contribution >= 4 is 23.8 Å². The van der Waals surface area contributed by atoms with Crippen LogP contribution in [0.1, 0.15) is 33.6 Å². The fourth-order valence-electron chi connectivity index (χ4n) is 4.80. The van der Waals surface area contributed by atoms with Gasteiger partial charge in [-0.05, 0) is 20.3 Å². The number of hydrogen-bond acceptors (Lipinski definition) is 6. The van der Waals surface area contributed by atoms with Crippen LogP contribution in [-0.2, 0) is 4.79 Å². The third-order valence-electron chi connectivity index (χ3n) is 6.61. The summed E-state index contributed by atoms with van der Waals surface area (Å²) in [6.07, 6.45) is 1.65. The van der Waals surface area contributed by atoms with E-state index in [1.807, 2.05) is 35.6 Å². The van der Waals surface area contributed by atoms with Crippen LogP contribution >= 0.6 is 0 Å². The summed E-state index contributed by atoms with van der Waals surface area (Å²) in [6.45, 7) is 9.56. The highest BCUT2D eigenvalue weighted by atomic mass is 16.2. The first-order chi connectivity index (χ1) is 14.2. The third kappa shape index (κ3) is 3.21. The molecular weight excluding hydrogens is 386 g/mol. The van der Waals surface area contributed by atoms with Gasteiger partial charge < -0.3 is 14.7 Å². The molecule has 3 heterocycles. The predicted octanol–water partition coefficient (Wildman–Crippen LogP) is 0.756. The van der Waals surface area contributed by atoms with Crippen molar-refractivity contribution in [3.63, 3.8) is 0 Å². The summed E-state index contributed by atoms with van der Waals surface area (Å²) in [7, 11) is 5.13. The Hall–Kier alpha value is -2.36. The third-order valence-corrected chi connectivity index (χ3v) is 6.61. The fraction of sp³-hybridized carbons (Fsp3) is 0.800. The molecule has 30 heavy (non-hydrogen) atoms. The Balaban J connectivity index is 1.90. The van der Waals surface area contributed by atoms with Crippen molar-refractivity contribution in [2.45, 2.75) is 45.4 Å². The van der Waals surface area contributed by atoms with E-state index in [1.165, 1.54) is 11.9 Å². The van der Waals surface area contributed by atoms with Gasteiger partial charge in [-0.2, -0.15) is 0 Å². The molecule has 0 spiro atoms. The molecular formula is C20H35N7O3. The molecule has 0 aromatic carbocycles. The van der Waals surface area contributed by atoms with Crippen LogP contribution in [0.5, 0.6) is 0 Å². The zero-order valence-electron chi connectivity index (χ0n) is 19.1. The van der Waals surface area contributed by atoms with Gasteiger partial charge >= 0.3 is 12.1 Å². The molecule has 10 nitrogen and oxygen atoms in total. The molecule has 3 aliphatic rings. The van der Waals surface area contributed by atoms with E-state index in [2.05, 4.69) is 11.8 Å². The van der Waals surface area contributed by atoms with Crippen LogP contribution in [0.2, 0.25) is 0 Å². The molecule has 0 saturated carbocycles. The molecule has 10 heteroatoms. The van der Waals surface area contributed by atoms with Crippen LogP contribution in [0, 0.1) is 0 Å². The molecule has 0 bridgehead atoms. The molecule has 168 valence electrons. The van der Waals surface area contributed by atoms with E-state index >= 15 is 0 Å². The number of rotatable bonds is 5. The van der Waals surface area contributed by atoms with Crippen molar-refractivity contribution in [3.05, 3.63) is 0 Å². The van der Waals surface area contributed by atoms with Gasteiger partial charge in [0.1, 0.15) is 5.84 Å². The lowest BCUT2D eigenvalue weighted by Crippen LogP contribution is -2.77.